The summed E-state index contributed by atoms with van der Waals surface area (Å²) >= 11 is 0. The van der Waals surface area contributed by atoms with Crippen LogP contribution in [0.1, 0.15) is 48.8 Å². The lowest BCUT2D eigenvalue weighted by Gasteiger charge is -2.64. The van der Waals surface area contributed by atoms with Gasteiger partial charge in [0.05, 0.1) is 29.6 Å². The zero-order chi connectivity index (χ0) is 29.1. The van der Waals surface area contributed by atoms with Crippen LogP contribution in [0.15, 0.2) is 41.2 Å². The molecule has 1 aromatic carbocycles. The highest BCUT2D eigenvalue weighted by atomic mass is 16.5. The Hall–Kier alpha value is -3.83. The molecule has 2 saturated carbocycles. The number of phenols is 1. The quantitative estimate of drug-likeness (QED) is 0.312. The maximum Gasteiger partial charge on any atom is 0.414 e. The Bertz CT molecular complexity index is 1390. The number of hydrogen-bond acceptors (Lipinski definition) is 8. The minimum atomic E-state index is -1.82. The number of hydrogen-bond donors (Lipinski definition) is 4. The Labute approximate surface area is 236 Å². The van der Waals surface area contributed by atoms with Gasteiger partial charge in [-0.2, -0.15) is 0 Å². The van der Waals surface area contributed by atoms with Crippen LogP contribution in [0.3, 0.4) is 0 Å². The third-order valence-corrected chi connectivity index (χ3v) is 9.72. The predicted molar refractivity (Wildman–Crippen MR) is 144 cm³/mol. The molecule has 3 fully saturated rings. The maximum absolute atomic E-state index is 13.2. The molecular formula is C30H34N2O9. The molecule has 2 bridgehead atoms. The molecule has 218 valence electrons. The van der Waals surface area contributed by atoms with Crippen molar-refractivity contribution < 1.29 is 44.0 Å². The fraction of sp³-hybridized carbons (Fsp3) is 0.500. The summed E-state index contributed by atoms with van der Waals surface area (Å²) in [5.74, 6) is -2.37. The number of carbonyl (C=O) groups excluding carboxylic acids is 1. The minimum absolute atomic E-state index is 0.0360. The van der Waals surface area contributed by atoms with E-state index in [1.807, 2.05) is 19.2 Å². The standard InChI is InChI=1S/C28H32N2O5.C2H2O4/c1-29(23(32)7-4-18-9-13-34-16-18)20-8-10-28(33)22-14-19-5-6-21(31)25-24(19)27(28,26(20)35-25)11-12-30(22)15-17-2-3-17;3-1(4)2(5)6/h4-7,9,13,16-17,20,22,26,31,33H,2-3,8,10-12,14-15H2,1H3;(H,3,4)(H,5,6)/b7-4+;/t20-,22-,26+,27?,28-;/m1./s1. The number of likely N-dealkylation sites (tertiary alicyclic amines) is 1. The van der Waals surface area contributed by atoms with Gasteiger partial charge < -0.3 is 34.5 Å². The smallest absolute Gasteiger partial charge is 0.414 e. The molecule has 3 aliphatic carbocycles. The fourth-order valence-electron chi connectivity index (χ4n) is 7.67. The van der Waals surface area contributed by atoms with Crippen molar-refractivity contribution in [2.75, 3.05) is 20.1 Å². The molecule has 11 heteroatoms. The summed E-state index contributed by atoms with van der Waals surface area (Å²) in [5.41, 5.74) is 1.44. The molecule has 11 nitrogen and oxygen atoms in total. The number of furan rings is 1. The van der Waals surface area contributed by atoms with Crippen molar-refractivity contribution in [3.05, 3.63) is 53.5 Å². The van der Waals surface area contributed by atoms with Crippen LogP contribution in [-0.4, -0.2) is 92.0 Å². The Kier molecular flexibility index (Phi) is 6.61. The monoisotopic (exact) mass is 566 g/mol. The van der Waals surface area contributed by atoms with Crippen molar-refractivity contribution >= 4 is 23.9 Å². The van der Waals surface area contributed by atoms with Crippen molar-refractivity contribution in [3.63, 3.8) is 0 Å². The largest absolute Gasteiger partial charge is 0.504 e. The summed E-state index contributed by atoms with van der Waals surface area (Å²) in [7, 11) is 1.82. The van der Waals surface area contributed by atoms with E-state index in [9.17, 15) is 15.0 Å². The number of amides is 1. The first kappa shape index (κ1) is 27.3. The molecule has 5 atom stereocenters. The summed E-state index contributed by atoms with van der Waals surface area (Å²) in [6.07, 6.45) is 11.5. The van der Waals surface area contributed by atoms with E-state index in [4.69, 9.17) is 29.0 Å². The van der Waals surface area contributed by atoms with Crippen LogP contribution in [0.25, 0.3) is 6.08 Å². The fourth-order valence-corrected chi connectivity index (χ4v) is 7.67. The maximum atomic E-state index is 13.2. The molecule has 3 heterocycles. The van der Waals surface area contributed by atoms with Gasteiger partial charge in [-0.15, -0.1) is 0 Å². The molecule has 7 rings (SSSR count). The van der Waals surface area contributed by atoms with Gasteiger partial charge >= 0.3 is 11.9 Å². The number of carboxylic acid groups (broad SMARTS) is 2. The molecule has 4 N–H and O–H groups in total. The third kappa shape index (κ3) is 4.29. The average Bonchev–Trinajstić information content (AvgIpc) is 3.45. The first-order chi connectivity index (χ1) is 19.6. The Morgan fingerprint density at radius 1 is 1.12 bits per heavy atom. The van der Waals surface area contributed by atoms with Gasteiger partial charge in [0.15, 0.2) is 11.5 Å². The molecule has 2 aliphatic heterocycles. The summed E-state index contributed by atoms with van der Waals surface area (Å²) in [5, 5.41) is 38.1. The van der Waals surface area contributed by atoms with E-state index in [1.165, 1.54) is 18.4 Å². The number of nitrogens with zero attached hydrogens (tertiary/aromatic N) is 2. The molecule has 1 spiro atoms. The summed E-state index contributed by atoms with van der Waals surface area (Å²) in [6.45, 7) is 1.96. The summed E-state index contributed by atoms with van der Waals surface area (Å²) in [4.78, 5) is 35.7. The van der Waals surface area contributed by atoms with Crippen LogP contribution in [0, 0.1) is 5.92 Å². The van der Waals surface area contributed by atoms with Crippen molar-refractivity contribution in [1.29, 1.82) is 0 Å². The Morgan fingerprint density at radius 3 is 2.54 bits per heavy atom. The van der Waals surface area contributed by atoms with Crippen LogP contribution in [0.4, 0.5) is 0 Å². The molecule has 1 amide bonds. The van der Waals surface area contributed by atoms with Crippen molar-refractivity contribution in [2.24, 2.45) is 5.92 Å². The second-order valence-electron chi connectivity index (χ2n) is 11.8. The number of likely N-dealkylation sites (N-methyl/N-ethyl adjacent to an activating group) is 1. The zero-order valence-corrected chi connectivity index (χ0v) is 22.7. The number of phenolic OH excluding ortho intramolecular Hbond substituents is 1. The van der Waals surface area contributed by atoms with Crippen LogP contribution < -0.4 is 4.74 Å². The Balaban J connectivity index is 0.000000458. The molecule has 41 heavy (non-hydrogen) atoms. The number of ether oxygens (including phenoxy) is 1. The van der Waals surface area contributed by atoms with E-state index in [-0.39, 0.29) is 23.7 Å². The van der Waals surface area contributed by atoms with Crippen LogP contribution in [0.5, 0.6) is 11.5 Å². The molecule has 0 radical (unpaired) electrons. The number of aliphatic hydroxyl groups is 1. The highest BCUT2D eigenvalue weighted by Gasteiger charge is 2.73. The zero-order valence-electron chi connectivity index (χ0n) is 22.7. The van der Waals surface area contributed by atoms with Gasteiger partial charge in [-0.3, -0.25) is 9.69 Å². The summed E-state index contributed by atoms with van der Waals surface area (Å²) < 4.78 is 11.7. The first-order valence-electron chi connectivity index (χ1n) is 14.0. The molecule has 1 aromatic heterocycles. The van der Waals surface area contributed by atoms with E-state index in [0.29, 0.717) is 18.6 Å². The van der Waals surface area contributed by atoms with Gasteiger partial charge in [0, 0.05) is 36.8 Å². The first-order valence-corrected chi connectivity index (χ1v) is 14.0. The lowest BCUT2D eigenvalue weighted by atomic mass is 9.48. The van der Waals surface area contributed by atoms with Gasteiger partial charge in [-0.05, 0) is 74.8 Å². The second kappa shape index (κ2) is 9.92. The normalized spacial score (nSPS) is 31.0. The highest BCUT2D eigenvalue weighted by Crippen LogP contribution is 2.66. The van der Waals surface area contributed by atoms with Crippen molar-refractivity contribution in [3.8, 4) is 11.5 Å². The number of carboxylic acids is 2. The average molecular weight is 567 g/mol. The lowest BCUT2D eigenvalue weighted by Crippen LogP contribution is -2.78. The molecule has 2 aromatic rings. The number of benzene rings is 1. The number of piperidine rings is 1. The highest BCUT2D eigenvalue weighted by molar-refractivity contribution is 6.27. The van der Waals surface area contributed by atoms with Gasteiger partial charge in [0.1, 0.15) is 6.10 Å². The van der Waals surface area contributed by atoms with E-state index < -0.39 is 29.1 Å². The Morgan fingerprint density at radius 2 is 1.88 bits per heavy atom. The van der Waals surface area contributed by atoms with Crippen LogP contribution in [0.2, 0.25) is 0 Å². The summed E-state index contributed by atoms with van der Waals surface area (Å²) in [6, 6.07) is 5.38. The van der Waals surface area contributed by atoms with E-state index >= 15 is 0 Å². The number of carbonyl (C=O) groups is 3. The number of rotatable bonds is 5. The van der Waals surface area contributed by atoms with Crippen molar-refractivity contribution in [2.45, 2.75) is 67.7 Å². The molecule has 1 saturated heterocycles. The van der Waals surface area contributed by atoms with Gasteiger partial charge in [0.2, 0.25) is 5.91 Å². The lowest BCUT2D eigenvalue weighted by molar-refractivity contribution is -0.200. The minimum Gasteiger partial charge on any atom is -0.504 e. The van der Waals surface area contributed by atoms with E-state index in [2.05, 4.69) is 4.90 Å². The molecule has 1 unspecified atom stereocenters. The SMILES string of the molecule is CN(C(=O)/C=C/c1ccoc1)[C@@H]1CC[C@@]2(O)[C@H]3Cc4ccc(O)c5c4C2(CCN3CC2CC2)[C@H]1O5.O=C(O)C(=O)O. The van der Waals surface area contributed by atoms with Crippen molar-refractivity contribution in [1.82, 2.24) is 9.80 Å². The van der Waals surface area contributed by atoms with Crippen LogP contribution >= 0.6 is 0 Å². The topological polar surface area (TPSA) is 161 Å². The molecule has 5 aliphatic rings. The van der Waals surface area contributed by atoms with E-state index in [0.717, 1.165) is 43.0 Å². The van der Waals surface area contributed by atoms with Gasteiger partial charge in [-0.1, -0.05) is 6.07 Å². The van der Waals surface area contributed by atoms with E-state index in [1.54, 1.807) is 35.6 Å². The van der Waals surface area contributed by atoms with Gasteiger partial charge in [-0.25, -0.2) is 9.59 Å². The molecular weight excluding hydrogens is 532 g/mol. The predicted octanol–water partition coefficient (Wildman–Crippen LogP) is 2.25. The number of aliphatic carboxylic acids is 2. The number of aromatic hydroxyl groups is 1. The third-order valence-electron chi connectivity index (χ3n) is 9.72. The van der Waals surface area contributed by atoms with Crippen LogP contribution in [-0.2, 0) is 26.2 Å². The van der Waals surface area contributed by atoms with Gasteiger partial charge in [0.25, 0.3) is 0 Å². The second-order valence-corrected chi connectivity index (χ2v) is 11.8.